The molecule has 0 fully saturated rings. The number of aliphatic imine (C=N–C) groups is 1. The van der Waals surface area contributed by atoms with Gasteiger partial charge in [-0.1, -0.05) is 23.2 Å². The molecule has 2 aromatic rings. The SMILES string of the molecule is CCOc1cc(C=C2N=C(c3cc(F)c(F)cc3Cl)OC2=O)cc(Cl)c1OC(C)=O. The molecule has 0 saturated carbocycles. The standard InChI is InChI=1S/C20H13Cl2F2NO5/c1-3-28-17-6-10(4-13(22)18(17)29-9(2)26)5-16-20(27)30-19(25-16)11-7-14(23)15(24)8-12(11)21/h4-8H,3H2,1-2H3. The van der Waals surface area contributed by atoms with Gasteiger partial charge < -0.3 is 14.2 Å². The molecule has 0 amide bonds. The summed E-state index contributed by atoms with van der Waals surface area (Å²) in [6.45, 7) is 3.22. The van der Waals surface area contributed by atoms with Gasteiger partial charge in [0, 0.05) is 6.92 Å². The van der Waals surface area contributed by atoms with Crippen LogP contribution in [0.3, 0.4) is 0 Å². The maximum absolute atomic E-state index is 13.5. The van der Waals surface area contributed by atoms with Crippen molar-refractivity contribution in [2.24, 2.45) is 4.99 Å². The van der Waals surface area contributed by atoms with E-state index in [2.05, 4.69) is 4.99 Å². The zero-order valence-corrected chi connectivity index (χ0v) is 17.1. The lowest BCUT2D eigenvalue weighted by Crippen LogP contribution is -2.07. The Balaban J connectivity index is 2.01. The van der Waals surface area contributed by atoms with Crippen LogP contribution < -0.4 is 9.47 Å². The van der Waals surface area contributed by atoms with E-state index in [1.165, 1.54) is 25.1 Å². The van der Waals surface area contributed by atoms with E-state index >= 15 is 0 Å². The Morgan fingerprint density at radius 3 is 2.53 bits per heavy atom. The topological polar surface area (TPSA) is 74.2 Å². The molecule has 1 aliphatic heterocycles. The molecule has 3 rings (SSSR count). The highest BCUT2D eigenvalue weighted by Crippen LogP contribution is 2.38. The number of hydrogen-bond acceptors (Lipinski definition) is 6. The van der Waals surface area contributed by atoms with Gasteiger partial charge in [-0.3, -0.25) is 4.79 Å². The van der Waals surface area contributed by atoms with E-state index in [9.17, 15) is 18.4 Å². The van der Waals surface area contributed by atoms with Crippen LogP contribution in [-0.4, -0.2) is 24.4 Å². The first-order valence-electron chi connectivity index (χ1n) is 8.51. The zero-order chi connectivity index (χ0) is 22.0. The van der Waals surface area contributed by atoms with E-state index in [0.717, 1.165) is 12.1 Å². The van der Waals surface area contributed by atoms with Gasteiger partial charge in [0.25, 0.3) is 0 Å². The smallest absolute Gasteiger partial charge is 0.363 e. The number of carbonyl (C=O) groups is 2. The largest absolute Gasteiger partial charge is 0.490 e. The number of ether oxygens (including phenoxy) is 3. The summed E-state index contributed by atoms with van der Waals surface area (Å²) in [6, 6.07) is 4.46. The number of hydrogen-bond donors (Lipinski definition) is 0. The number of halogens is 4. The van der Waals surface area contributed by atoms with Crippen molar-refractivity contribution in [2.45, 2.75) is 13.8 Å². The maximum Gasteiger partial charge on any atom is 0.363 e. The third kappa shape index (κ3) is 4.60. The van der Waals surface area contributed by atoms with Crippen LogP contribution >= 0.6 is 23.2 Å². The molecule has 0 saturated heterocycles. The summed E-state index contributed by atoms with van der Waals surface area (Å²) in [5, 5.41) is -0.101. The van der Waals surface area contributed by atoms with Crippen molar-refractivity contribution in [3.8, 4) is 11.5 Å². The number of benzene rings is 2. The lowest BCUT2D eigenvalue weighted by atomic mass is 10.1. The predicted octanol–water partition coefficient (Wildman–Crippen LogP) is 4.94. The first-order chi connectivity index (χ1) is 14.2. The molecule has 0 atom stereocenters. The number of carbonyl (C=O) groups excluding carboxylic acids is 2. The molecule has 1 aliphatic rings. The van der Waals surface area contributed by atoms with Crippen LogP contribution in [0, 0.1) is 11.6 Å². The Hall–Kier alpha value is -2.97. The van der Waals surface area contributed by atoms with Crippen molar-refractivity contribution < 1.29 is 32.6 Å². The van der Waals surface area contributed by atoms with Crippen molar-refractivity contribution in [1.82, 2.24) is 0 Å². The average Bonchev–Trinajstić information content (AvgIpc) is 3.01. The lowest BCUT2D eigenvalue weighted by Gasteiger charge is -2.12. The second-order valence-electron chi connectivity index (χ2n) is 5.94. The minimum atomic E-state index is -1.17. The molecule has 0 aromatic heterocycles. The second-order valence-corrected chi connectivity index (χ2v) is 6.75. The second kappa shape index (κ2) is 8.81. The van der Waals surface area contributed by atoms with Gasteiger partial charge in [-0.25, -0.2) is 18.6 Å². The third-order valence-electron chi connectivity index (χ3n) is 3.74. The highest BCUT2D eigenvalue weighted by Gasteiger charge is 2.27. The molecule has 0 N–H and O–H groups in total. The van der Waals surface area contributed by atoms with E-state index in [-0.39, 0.29) is 45.3 Å². The average molecular weight is 456 g/mol. The zero-order valence-electron chi connectivity index (χ0n) is 15.6. The van der Waals surface area contributed by atoms with Gasteiger partial charge in [0.15, 0.2) is 28.8 Å². The quantitative estimate of drug-likeness (QED) is 0.276. The van der Waals surface area contributed by atoms with Gasteiger partial charge in [-0.2, -0.15) is 0 Å². The minimum absolute atomic E-state index is 0.0416. The molecule has 1 heterocycles. The highest BCUT2D eigenvalue weighted by molar-refractivity contribution is 6.34. The van der Waals surface area contributed by atoms with Crippen LogP contribution in [0.1, 0.15) is 25.0 Å². The summed E-state index contributed by atoms with van der Waals surface area (Å²) in [4.78, 5) is 27.5. The molecule has 0 unspecified atom stereocenters. The molecule has 10 heteroatoms. The summed E-state index contributed by atoms with van der Waals surface area (Å²) < 4.78 is 42.3. The first-order valence-corrected chi connectivity index (χ1v) is 9.27. The number of nitrogens with zero attached hydrogens (tertiary/aromatic N) is 1. The van der Waals surface area contributed by atoms with Crippen LogP contribution in [0.25, 0.3) is 6.08 Å². The fourth-order valence-corrected chi connectivity index (χ4v) is 3.03. The summed E-state index contributed by atoms with van der Waals surface area (Å²) in [5.74, 6) is -3.77. The van der Waals surface area contributed by atoms with Gasteiger partial charge in [0.1, 0.15) is 0 Å². The fraction of sp³-hybridized carbons (Fsp3) is 0.150. The first kappa shape index (κ1) is 21.7. The van der Waals surface area contributed by atoms with E-state index in [1.54, 1.807) is 6.92 Å². The van der Waals surface area contributed by atoms with Crippen LogP contribution in [0.4, 0.5) is 8.78 Å². The van der Waals surface area contributed by atoms with Crippen LogP contribution in [-0.2, 0) is 14.3 Å². The molecule has 0 spiro atoms. The van der Waals surface area contributed by atoms with Crippen LogP contribution in [0.5, 0.6) is 11.5 Å². The Kier molecular flexibility index (Phi) is 6.38. The Morgan fingerprint density at radius 2 is 1.87 bits per heavy atom. The Labute approximate surface area is 179 Å². The summed E-state index contributed by atoms with van der Waals surface area (Å²) in [7, 11) is 0. The number of esters is 2. The van der Waals surface area contributed by atoms with Crippen LogP contribution in [0.2, 0.25) is 10.0 Å². The van der Waals surface area contributed by atoms with Gasteiger partial charge in [0.2, 0.25) is 5.90 Å². The Bertz CT molecular complexity index is 1110. The fourth-order valence-electron chi connectivity index (χ4n) is 2.55. The van der Waals surface area contributed by atoms with Crippen molar-refractivity contribution in [2.75, 3.05) is 6.61 Å². The van der Waals surface area contributed by atoms with E-state index in [0.29, 0.717) is 5.56 Å². The van der Waals surface area contributed by atoms with Crippen molar-refractivity contribution in [3.63, 3.8) is 0 Å². The minimum Gasteiger partial charge on any atom is -0.490 e. The highest BCUT2D eigenvalue weighted by atomic mass is 35.5. The molecular formula is C20H13Cl2F2NO5. The lowest BCUT2D eigenvalue weighted by molar-refractivity contribution is -0.132. The third-order valence-corrected chi connectivity index (χ3v) is 4.34. The molecule has 0 aliphatic carbocycles. The van der Waals surface area contributed by atoms with Crippen molar-refractivity contribution in [1.29, 1.82) is 0 Å². The monoisotopic (exact) mass is 455 g/mol. The molecule has 0 bridgehead atoms. The molecule has 156 valence electrons. The molecular weight excluding hydrogens is 443 g/mol. The number of cyclic esters (lactones) is 1. The summed E-state index contributed by atoms with van der Waals surface area (Å²) in [6.07, 6.45) is 1.34. The predicted molar refractivity (Wildman–Crippen MR) is 106 cm³/mol. The maximum atomic E-state index is 13.5. The van der Waals surface area contributed by atoms with Gasteiger partial charge in [-0.05, 0) is 42.8 Å². The van der Waals surface area contributed by atoms with Crippen molar-refractivity contribution in [3.05, 3.63) is 62.8 Å². The van der Waals surface area contributed by atoms with E-state index < -0.39 is 23.6 Å². The summed E-state index contributed by atoms with van der Waals surface area (Å²) >= 11 is 12.1. The van der Waals surface area contributed by atoms with Gasteiger partial charge in [-0.15, -0.1) is 0 Å². The van der Waals surface area contributed by atoms with Crippen LogP contribution in [0.15, 0.2) is 35.0 Å². The van der Waals surface area contributed by atoms with E-state index in [1.807, 2.05) is 0 Å². The number of rotatable bonds is 5. The van der Waals surface area contributed by atoms with Crippen molar-refractivity contribution >= 4 is 47.1 Å². The van der Waals surface area contributed by atoms with E-state index in [4.69, 9.17) is 37.4 Å². The molecule has 2 aromatic carbocycles. The van der Waals surface area contributed by atoms with Gasteiger partial charge >= 0.3 is 11.9 Å². The molecule has 30 heavy (non-hydrogen) atoms. The molecule has 0 radical (unpaired) electrons. The normalized spacial score (nSPS) is 14.5. The Morgan fingerprint density at radius 1 is 1.17 bits per heavy atom. The summed E-state index contributed by atoms with van der Waals surface area (Å²) in [5.41, 5.74) is 0.183. The molecule has 6 nitrogen and oxygen atoms in total. The van der Waals surface area contributed by atoms with Gasteiger partial charge in [0.05, 0.1) is 22.2 Å².